The van der Waals surface area contributed by atoms with Crippen LogP contribution >= 0.6 is 55.1 Å². The Morgan fingerprint density at radius 1 is 0.952 bits per heavy atom. The fourth-order valence-corrected chi connectivity index (χ4v) is 4.22. The van der Waals surface area contributed by atoms with E-state index in [0.717, 1.165) is 15.6 Å². The molecule has 0 aliphatic carbocycles. The Hall–Kier alpha value is -0.420. The molecule has 0 spiro atoms. The van der Waals surface area contributed by atoms with Crippen molar-refractivity contribution in [2.45, 2.75) is 4.83 Å². The molecule has 2 nitrogen and oxygen atoms in total. The predicted octanol–water partition coefficient (Wildman–Crippen LogP) is 6.26. The Labute approximate surface area is 150 Å². The third-order valence-corrected chi connectivity index (χ3v) is 5.25. The number of rotatable bonds is 4. The van der Waals surface area contributed by atoms with Crippen molar-refractivity contribution in [3.05, 3.63) is 56.0 Å². The third-order valence-electron chi connectivity index (χ3n) is 3.01. The zero-order chi connectivity index (χ0) is 15.6. The Bertz CT molecular complexity index is 662. The lowest BCUT2D eigenvalue weighted by molar-refractivity contribution is 0.354. The first-order valence-electron chi connectivity index (χ1n) is 5.98. The summed E-state index contributed by atoms with van der Waals surface area (Å²) in [4.78, 5) is -0.101. The molecule has 2 aromatic carbocycles. The average molecular weight is 455 g/mol. The fraction of sp³-hybridized carbons (Fsp3) is 0.200. The summed E-state index contributed by atoms with van der Waals surface area (Å²) >= 11 is 19.4. The maximum absolute atomic E-state index is 6.27. The molecule has 0 amide bonds. The molecule has 0 aromatic heterocycles. The largest absolute Gasteiger partial charge is 0.493 e. The summed E-state index contributed by atoms with van der Waals surface area (Å²) in [6.45, 7) is 0. The zero-order valence-electron chi connectivity index (χ0n) is 11.3. The molecule has 2 rings (SSSR count). The summed E-state index contributed by atoms with van der Waals surface area (Å²) in [6.07, 6.45) is 0. The number of halogens is 4. The summed E-state index contributed by atoms with van der Waals surface area (Å²) in [5.74, 6) is 1.32. The van der Waals surface area contributed by atoms with Gasteiger partial charge in [0.2, 0.25) is 0 Å². The van der Waals surface area contributed by atoms with Crippen LogP contribution in [0.25, 0.3) is 0 Å². The highest BCUT2D eigenvalue weighted by Crippen LogP contribution is 2.43. The minimum atomic E-state index is -0.101. The molecule has 21 heavy (non-hydrogen) atoms. The second-order valence-electron chi connectivity index (χ2n) is 4.26. The Morgan fingerprint density at radius 3 is 2.14 bits per heavy atom. The van der Waals surface area contributed by atoms with Gasteiger partial charge >= 0.3 is 0 Å². The zero-order valence-corrected chi connectivity index (χ0v) is 16.0. The van der Waals surface area contributed by atoms with Crippen molar-refractivity contribution in [3.8, 4) is 11.5 Å². The number of hydrogen-bond donors (Lipinski definition) is 0. The summed E-state index contributed by atoms with van der Waals surface area (Å²) < 4.78 is 11.5. The van der Waals surface area contributed by atoms with Gasteiger partial charge in [-0.2, -0.15) is 0 Å². The highest BCUT2D eigenvalue weighted by molar-refractivity contribution is 9.11. The van der Waals surface area contributed by atoms with Crippen LogP contribution in [-0.4, -0.2) is 14.2 Å². The van der Waals surface area contributed by atoms with E-state index in [1.165, 1.54) is 0 Å². The lowest BCUT2D eigenvalue weighted by Gasteiger charge is -2.17. The normalized spacial score (nSPS) is 12.1. The molecule has 0 N–H and O–H groups in total. The maximum atomic E-state index is 6.27. The second kappa shape index (κ2) is 7.23. The molecule has 0 fully saturated rings. The molecule has 0 bridgehead atoms. The van der Waals surface area contributed by atoms with Gasteiger partial charge in [0.1, 0.15) is 0 Å². The first-order chi connectivity index (χ1) is 9.97. The van der Waals surface area contributed by atoms with Crippen LogP contribution < -0.4 is 9.47 Å². The number of benzene rings is 2. The molecule has 2 aromatic rings. The van der Waals surface area contributed by atoms with Gasteiger partial charge in [0, 0.05) is 14.5 Å². The minimum Gasteiger partial charge on any atom is -0.493 e. The van der Waals surface area contributed by atoms with E-state index in [4.69, 9.17) is 32.7 Å². The second-order valence-corrected chi connectivity index (χ2v) is 6.87. The lowest BCUT2D eigenvalue weighted by atomic mass is 10.0. The average Bonchev–Trinajstić information content (AvgIpc) is 2.46. The number of ether oxygens (including phenoxy) is 2. The van der Waals surface area contributed by atoms with Gasteiger partial charge in [-0.3, -0.25) is 0 Å². The van der Waals surface area contributed by atoms with E-state index >= 15 is 0 Å². The summed E-state index contributed by atoms with van der Waals surface area (Å²) in [7, 11) is 3.21. The van der Waals surface area contributed by atoms with Crippen LogP contribution in [0.5, 0.6) is 11.5 Å². The summed E-state index contributed by atoms with van der Waals surface area (Å²) in [5.41, 5.74) is 1.91. The molecule has 112 valence electrons. The molecular weight excluding hydrogens is 443 g/mol. The lowest BCUT2D eigenvalue weighted by Crippen LogP contribution is -1.98. The van der Waals surface area contributed by atoms with E-state index in [0.29, 0.717) is 21.5 Å². The Balaban J connectivity index is 2.50. The van der Waals surface area contributed by atoms with Gasteiger partial charge in [-0.25, -0.2) is 0 Å². The van der Waals surface area contributed by atoms with Gasteiger partial charge in [0.15, 0.2) is 11.5 Å². The first kappa shape index (κ1) is 16.9. The van der Waals surface area contributed by atoms with Crippen molar-refractivity contribution in [2.24, 2.45) is 0 Å². The number of methoxy groups -OCH3 is 2. The van der Waals surface area contributed by atoms with Crippen molar-refractivity contribution in [3.63, 3.8) is 0 Å². The number of alkyl halides is 1. The standard InChI is InChI=1S/C15H12Br2Cl2O2/c1-20-13-6-10(11(16)7-14(13)21-2)15(17)9-4-3-8(18)5-12(9)19/h3-7,15H,1-2H3. The van der Waals surface area contributed by atoms with Crippen molar-refractivity contribution >= 4 is 55.1 Å². The predicted molar refractivity (Wildman–Crippen MR) is 94.5 cm³/mol. The van der Waals surface area contributed by atoms with E-state index in [-0.39, 0.29) is 4.83 Å². The molecule has 0 heterocycles. The summed E-state index contributed by atoms with van der Waals surface area (Å²) in [5, 5.41) is 1.21. The molecule has 1 unspecified atom stereocenters. The minimum absolute atomic E-state index is 0.101. The first-order valence-corrected chi connectivity index (χ1v) is 8.44. The van der Waals surface area contributed by atoms with Crippen molar-refractivity contribution < 1.29 is 9.47 Å². The Morgan fingerprint density at radius 2 is 1.57 bits per heavy atom. The van der Waals surface area contributed by atoms with Gasteiger partial charge in [0.25, 0.3) is 0 Å². The van der Waals surface area contributed by atoms with Crippen LogP contribution in [-0.2, 0) is 0 Å². The highest BCUT2D eigenvalue weighted by Gasteiger charge is 2.19. The van der Waals surface area contributed by atoms with Gasteiger partial charge in [-0.15, -0.1) is 0 Å². The quantitative estimate of drug-likeness (QED) is 0.508. The Kier molecular flexibility index (Phi) is 5.83. The SMILES string of the molecule is COc1cc(Br)c(C(Br)c2ccc(Cl)cc2Cl)cc1OC. The van der Waals surface area contributed by atoms with E-state index in [2.05, 4.69) is 31.9 Å². The van der Waals surface area contributed by atoms with Gasteiger partial charge < -0.3 is 9.47 Å². The molecular formula is C15H12Br2Cl2O2. The third kappa shape index (κ3) is 3.67. The molecule has 0 aliphatic heterocycles. The fourth-order valence-electron chi connectivity index (χ4n) is 1.94. The molecule has 6 heteroatoms. The maximum Gasteiger partial charge on any atom is 0.161 e. The van der Waals surface area contributed by atoms with Crippen molar-refractivity contribution in [1.29, 1.82) is 0 Å². The van der Waals surface area contributed by atoms with E-state index in [1.54, 1.807) is 20.3 Å². The van der Waals surface area contributed by atoms with Crippen LogP contribution in [0.15, 0.2) is 34.8 Å². The van der Waals surface area contributed by atoms with Gasteiger partial charge in [-0.05, 0) is 35.4 Å². The van der Waals surface area contributed by atoms with Crippen LogP contribution in [0.1, 0.15) is 16.0 Å². The summed E-state index contributed by atoms with van der Waals surface area (Å²) in [6, 6.07) is 9.21. The number of hydrogen-bond acceptors (Lipinski definition) is 2. The molecule has 0 radical (unpaired) electrons. The molecule has 0 saturated heterocycles. The van der Waals surface area contributed by atoms with Crippen LogP contribution in [0, 0.1) is 0 Å². The highest BCUT2D eigenvalue weighted by atomic mass is 79.9. The van der Waals surface area contributed by atoms with Gasteiger partial charge in [0.05, 0.1) is 19.0 Å². The molecule has 0 aliphatic rings. The van der Waals surface area contributed by atoms with Gasteiger partial charge in [-0.1, -0.05) is 61.1 Å². The van der Waals surface area contributed by atoms with E-state index < -0.39 is 0 Å². The van der Waals surface area contributed by atoms with Crippen LogP contribution in [0.4, 0.5) is 0 Å². The topological polar surface area (TPSA) is 18.5 Å². The van der Waals surface area contributed by atoms with Crippen molar-refractivity contribution in [2.75, 3.05) is 14.2 Å². The van der Waals surface area contributed by atoms with E-state index in [9.17, 15) is 0 Å². The molecule has 0 saturated carbocycles. The monoisotopic (exact) mass is 452 g/mol. The van der Waals surface area contributed by atoms with E-state index in [1.807, 2.05) is 24.3 Å². The smallest absolute Gasteiger partial charge is 0.161 e. The van der Waals surface area contributed by atoms with Crippen LogP contribution in [0.2, 0.25) is 10.0 Å². The molecule has 1 atom stereocenters. The van der Waals surface area contributed by atoms with Crippen molar-refractivity contribution in [1.82, 2.24) is 0 Å². The van der Waals surface area contributed by atoms with Crippen LogP contribution in [0.3, 0.4) is 0 Å².